The monoisotopic (exact) mass is 1920 g/mol. The van der Waals surface area contributed by atoms with Gasteiger partial charge in [-0.3, -0.25) is 68.8 Å². The molecular formula is C85H105Br3ClN19O16. The van der Waals surface area contributed by atoms with Gasteiger partial charge in [0.15, 0.2) is 28.8 Å². The van der Waals surface area contributed by atoms with Crippen LogP contribution in [0, 0.1) is 0 Å². The molecule has 4 aromatic heterocycles. The molecule has 8 aliphatic heterocycles. The van der Waals surface area contributed by atoms with E-state index in [9.17, 15) is 47.9 Å². The number of carbonyl (C=O) groups is 10. The highest BCUT2D eigenvalue weighted by Gasteiger charge is 2.42. The molecular weight excluding hydrogens is 1820 g/mol. The number of methoxy groups -OCH3 is 4. The number of piperidine rings is 2. The minimum Gasteiger partial charge on any atom is -0.497 e. The summed E-state index contributed by atoms with van der Waals surface area (Å²) in [7, 11) is 6.35. The Morgan fingerprint density at radius 2 is 0.863 bits per heavy atom. The molecule has 7 N–H and O–H groups in total. The van der Waals surface area contributed by atoms with Gasteiger partial charge in [0, 0.05) is 163 Å². The van der Waals surface area contributed by atoms with Gasteiger partial charge in [-0.15, -0.1) is 0 Å². The van der Waals surface area contributed by atoms with Crippen molar-refractivity contribution in [2.75, 3.05) is 130 Å². The second-order valence-corrected chi connectivity index (χ2v) is 32.8. The second kappa shape index (κ2) is 44.2. The Labute approximate surface area is 748 Å². The number of benzene rings is 4. The van der Waals surface area contributed by atoms with Crippen LogP contribution < -0.4 is 41.7 Å². The average molecular weight is 1920 g/mol. The van der Waals surface area contributed by atoms with Gasteiger partial charge < -0.3 is 44.4 Å². The van der Waals surface area contributed by atoms with E-state index in [2.05, 4.69) is 78.5 Å². The van der Waals surface area contributed by atoms with Crippen LogP contribution in [0.2, 0.25) is 0 Å². The van der Waals surface area contributed by atoms with E-state index in [4.69, 9.17) is 57.4 Å². The lowest BCUT2D eigenvalue weighted by Gasteiger charge is -2.44. The summed E-state index contributed by atoms with van der Waals surface area (Å²) in [5.74, 6) is 12.4. The van der Waals surface area contributed by atoms with E-state index in [1.54, 1.807) is 121 Å². The fourth-order valence-corrected chi connectivity index (χ4v) is 17.5. The first-order valence-electron chi connectivity index (χ1n) is 41.0. The van der Waals surface area contributed by atoms with E-state index in [1.165, 1.54) is 34.8 Å². The fraction of sp³-hybridized carbons (Fsp3) is 0.459. The number of rotatable bonds is 23. The molecule has 4 fully saturated rings. The Kier molecular flexibility index (Phi) is 33.7. The zero-order valence-electron chi connectivity index (χ0n) is 70.5. The average Bonchev–Trinajstić information content (AvgIpc) is 1.62. The number of carbonyl (C=O) groups excluding carboxylic acids is 10. The number of nitrogens with zero attached hydrogens (tertiary/aromatic N) is 15. The molecule has 0 radical (unpaired) electrons. The van der Waals surface area contributed by atoms with Crippen molar-refractivity contribution in [3.8, 4) is 45.7 Å². The lowest BCUT2D eigenvalue weighted by Crippen LogP contribution is -2.58. The number of nitrogens with two attached hydrogens (primary N) is 3. The maximum absolute atomic E-state index is 13.7. The quantitative estimate of drug-likeness (QED) is 0.0116. The number of hydrogen-bond acceptors (Lipinski definition) is 25. The minimum atomic E-state index is -0.642. The highest BCUT2D eigenvalue weighted by atomic mass is 79.9. The molecule has 0 aliphatic carbocycles. The number of likely N-dealkylation sites (tertiary alicyclic amines) is 1. The van der Waals surface area contributed by atoms with Gasteiger partial charge in [-0.1, -0.05) is 47.8 Å². The van der Waals surface area contributed by atoms with E-state index >= 15 is 0 Å². The molecule has 6 amide bonds. The highest BCUT2D eigenvalue weighted by molar-refractivity contribution is 9.09. The number of alkyl halides is 3. The van der Waals surface area contributed by atoms with E-state index in [0.29, 0.717) is 189 Å². The first-order chi connectivity index (χ1) is 59.7. The summed E-state index contributed by atoms with van der Waals surface area (Å²) in [5, 5.41) is 33.5. The number of hydrazine groups is 4. The van der Waals surface area contributed by atoms with E-state index in [-0.39, 0.29) is 69.7 Å². The molecule has 124 heavy (non-hydrogen) atoms. The summed E-state index contributed by atoms with van der Waals surface area (Å²) in [6, 6.07) is 28.9. The topological polar surface area (TPSA) is 410 Å². The molecule has 0 unspecified atom stereocenters. The molecule has 8 aromatic rings. The van der Waals surface area contributed by atoms with Gasteiger partial charge in [-0.2, -0.15) is 20.4 Å². The van der Waals surface area contributed by atoms with Gasteiger partial charge in [0.05, 0.1) is 64.4 Å². The zero-order valence-corrected chi connectivity index (χ0v) is 76.0. The number of amides is 6. The van der Waals surface area contributed by atoms with Crippen molar-refractivity contribution in [3.63, 3.8) is 0 Å². The number of primary amides is 1. The number of fused-ring (bicyclic) bond motifs is 4. The number of ether oxygens (including phenoxy) is 6. The van der Waals surface area contributed by atoms with Crippen LogP contribution in [-0.2, 0) is 44.7 Å². The number of hydrogen-bond donors (Lipinski definition) is 4. The van der Waals surface area contributed by atoms with E-state index in [1.807, 2.05) is 34.2 Å². The molecule has 8 aliphatic rings. The summed E-state index contributed by atoms with van der Waals surface area (Å²) in [5.41, 5.74) is 13.9. The summed E-state index contributed by atoms with van der Waals surface area (Å²) < 4.78 is 37.9. The maximum atomic E-state index is 13.7. The van der Waals surface area contributed by atoms with Gasteiger partial charge in [0.2, 0.25) is 11.1 Å². The van der Waals surface area contributed by atoms with Crippen molar-refractivity contribution in [1.29, 1.82) is 0 Å². The molecule has 0 bridgehead atoms. The van der Waals surface area contributed by atoms with Crippen molar-refractivity contribution in [2.24, 2.45) is 17.4 Å². The molecule has 0 spiro atoms. The lowest BCUT2D eigenvalue weighted by molar-refractivity contribution is -0.158. The van der Waals surface area contributed by atoms with Crippen LogP contribution >= 0.6 is 59.4 Å². The molecule has 12 heterocycles. The Morgan fingerprint density at radius 1 is 0.476 bits per heavy atom. The standard InChI is InChI=1S/C24H30N6O4.C19H24N6O3.C15H16N4O3.C15H15N3O3.C7H12Br2O2.C5H8BrClO/c1-34-18-7-5-17(6-8-18)30-22-19(21(26-30)23(25)32)11-15-29(24(22)33)27-13-9-16(10-14-27)28-12-3-2-4-20(28)31;1-13(26)17-16-7-8-24(23-11-9-22(20)10-12-23)19(27)18(16)25(21-17)14-3-5-15(28-2)6-4-14;1-9(20)13-12-7-8-18(16)15(21)14(12)19(17-13)10-3-5-11(22-2)6-4-10;1-9(19)13-12-7-8-16-15(20)14(12)18(17-13)10-3-5-11(21-2)6-4-10;8-3-1-7(2-4-9)10-5-6-11-7;6-4-2-1-3-5(7)8/h5-8,16H,2-4,9-15H2,1H3,(H2,25,32);3-6H,7-12,20H2,1-2H3;3-6H,7-8,16H2,1-2H3;3-6H,7-8H2,1-2H3,(H,16,20);1-6H2;1-4H2. The first kappa shape index (κ1) is 94.5. The summed E-state index contributed by atoms with van der Waals surface area (Å²) >= 11 is 15.1. The summed E-state index contributed by atoms with van der Waals surface area (Å²) in [6.45, 7) is 12.8. The van der Waals surface area contributed by atoms with Crippen molar-refractivity contribution in [2.45, 2.75) is 122 Å². The third kappa shape index (κ3) is 22.4. The number of ketones is 3. The van der Waals surface area contributed by atoms with Crippen LogP contribution in [0.5, 0.6) is 23.0 Å². The highest BCUT2D eigenvalue weighted by Crippen LogP contribution is 2.35. The maximum Gasteiger partial charge on any atom is 0.287 e. The Morgan fingerprint density at radius 3 is 1.25 bits per heavy atom. The van der Waals surface area contributed by atoms with Gasteiger partial charge >= 0.3 is 0 Å². The SMILES string of the molecule is BrCCC1(CCBr)OCCO1.COc1ccc(-n2nc(C(C)=O)c3c2C(=O)N(N)CC3)cc1.COc1ccc(-n2nc(C(C)=O)c3c2C(=O)N(N2CCN(N)CC2)CC3)cc1.COc1ccc(-n2nc(C(C)=O)c3c2C(=O)NCC3)cc1.COc1ccc(-n2nc(C(N)=O)c3c2C(=O)N(N2CCC(N4CCCCC4=O)CC2)CC3)cc1.O=C(Cl)CCCCBr. The normalized spacial score (nSPS) is 16.9. The molecule has 664 valence electrons. The van der Waals surface area contributed by atoms with Crippen LogP contribution in [0.4, 0.5) is 0 Å². The molecule has 16 rings (SSSR count). The Bertz CT molecular complexity index is 5110. The van der Waals surface area contributed by atoms with E-state index < -0.39 is 5.91 Å². The largest absolute Gasteiger partial charge is 0.497 e. The third-order valence-electron chi connectivity index (χ3n) is 22.1. The van der Waals surface area contributed by atoms with Gasteiger partial charge in [0.1, 0.15) is 62.9 Å². The Hall–Kier alpha value is -10.1. The van der Waals surface area contributed by atoms with Crippen molar-refractivity contribution in [3.05, 3.63) is 165 Å². The van der Waals surface area contributed by atoms with Crippen LogP contribution in [0.1, 0.15) is 191 Å². The first-order valence-corrected chi connectivity index (χ1v) is 44.7. The summed E-state index contributed by atoms with van der Waals surface area (Å²) in [6.07, 6.45) is 10.9. The number of nitrogens with one attached hydrogen (secondary N) is 1. The molecule has 39 heteroatoms. The van der Waals surface area contributed by atoms with Gasteiger partial charge in [-0.25, -0.2) is 39.6 Å². The van der Waals surface area contributed by atoms with Crippen LogP contribution in [0.15, 0.2) is 97.1 Å². The van der Waals surface area contributed by atoms with Crippen LogP contribution in [-0.4, -0.2) is 274 Å². The minimum absolute atomic E-state index is 0.131. The predicted octanol–water partition coefficient (Wildman–Crippen LogP) is 8.80. The molecule has 0 saturated carbocycles. The predicted molar refractivity (Wildman–Crippen MR) is 471 cm³/mol. The summed E-state index contributed by atoms with van der Waals surface area (Å²) in [4.78, 5) is 124. The zero-order chi connectivity index (χ0) is 89.1. The van der Waals surface area contributed by atoms with Crippen LogP contribution in [0.25, 0.3) is 22.7 Å². The lowest BCUT2D eigenvalue weighted by atomic mass is 9.99. The number of Topliss-reactive ketones (excluding diaryl/α,β-unsaturated/α-hetero) is 3. The molecule has 35 nitrogen and oxygen atoms in total. The number of unbranched alkanes of at least 4 members (excludes halogenated alkanes) is 1. The molecule has 4 saturated heterocycles. The third-order valence-corrected chi connectivity index (χ3v) is 23.7. The van der Waals surface area contributed by atoms with Crippen molar-refractivity contribution >= 4 is 117 Å². The molecule has 0 atom stereocenters. The van der Waals surface area contributed by atoms with Crippen LogP contribution in [0.3, 0.4) is 0 Å². The number of halogens is 4. The smallest absolute Gasteiger partial charge is 0.287 e. The number of aromatic nitrogens is 8. The van der Waals surface area contributed by atoms with Crippen molar-refractivity contribution < 1.29 is 76.4 Å². The number of piperazine rings is 1. The molecule has 4 aromatic carbocycles. The Balaban J connectivity index is 0.000000152. The van der Waals surface area contributed by atoms with Crippen molar-refractivity contribution in [1.82, 2.24) is 79.4 Å². The second-order valence-electron chi connectivity index (χ2n) is 30.0. The fourth-order valence-electron chi connectivity index (χ4n) is 15.7. The van der Waals surface area contributed by atoms with E-state index in [0.717, 1.165) is 115 Å². The van der Waals surface area contributed by atoms with Gasteiger partial charge in [0.25, 0.3) is 29.5 Å². The van der Waals surface area contributed by atoms with Gasteiger partial charge in [-0.05, 0) is 173 Å².